The van der Waals surface area contributed by atoms with Crippen LogP contribution in [0.15, 0.2) is 11.6 Å². The Morgan fingerprint density at radius 2 is 1.61 bits per heavy atom. The molecule has 5 N–H and O–H groups in total. The van der Waals surface area contributed by atoms with Crippen LogP contribution >= 0.6 is 0 Å². The van der Waals surface area contributed by atoms with Gasteiger partial charge in [0.15, 0.2) is 0 Å². The lowest BCUT2D eigenvalue weighted by Crippen LogP contribution is -2.69. The predicted molar refractivity (Wildman–Crippen MR) is 137 cm³/mol. The molecule has 11 atom stereocenters. The molecule has 6 nitrogen and oxygen atoms in total. The molecule has 0 bridgehead atoms. The highest BCUT2D eigenvalue weighted by molar-refractivity contribution is 5.77. The second-order valence-corrected chi connectivity index (χ2v) is 15.2. The van der Waals surface area contributed by atoms with Gasteiger partial charge < -0.3 is 25.5 Å². The van der Waals surface area contributed by atoms with Gasteiger partial charge in [0.2, 0.25) is 0 Å². The maximum absolute atomic E-state index is 12.8. The molecule has 204 valence electrons. The lowest BCUT2D eigenvalue weighted by molar-refractivity contribution is -0.248. The summed E-state index contributed by atoms with van der Waals surface area (Å²) in [5.41, 5.74) is -1.44. The van der Waals surface area contributed by atoms with Gasteiger partial charge in [-0.15, -0.1) is 0 Å². The second kappa shape index (κ2) is 7.80. The first-order chi connectivity index (χ1) is 16.5. The van der Waals surface area contributed by atoms with Crippen molar-refractivity contribution in [3.05, 3.63) is 11.6 Å². The number of carboxylic acid groups (broad SMARTS) is 1. The van der Waals surface area contributed by atoms with Crippen molar-refractivity contribution in [3.63, 3.8) is 0 Å². The van der Waals surface area contributed by atoms with E-state index in [4.69, 9.17) is 0 Å². The Morgan fingerprint density at radius 3 is 2.22 bits per heavy atom. The molecule has 0 aromatic rings. The van der Waals surface area contributed by atoms with E-state index in [1.807, 2.05) is 6.92 Å². The predicted octanol–water partition coefficient (Wildman–Crippen LogP) is 4.15. The summed E-state index contributed by atoms with van der Waals surface area (Å²) in [5, 5.41) is 54.5. The molecule has 4 fully saturated rings. The van der Waals surface area contributed by atoms with Gasteiger partial charge >= 0.3 is 5.97 Å². The van der Waals surface area contributed by atoms with Gasteiger partial charge in [-0.25, -0.2) is 0 Å². The van der Waals surface area contributed by atoms with Crippen molar-refractivity contribution >= 4 is 5.97 Å². The zero-order valence-electron chi connectivity index (χ0n) is 23.0. The summed E-state index contributed by atoms with van der Waals surface area (Å²) in [6, 6.07) is 0. The number of carboxylic acids is 1. The third kappa shape index (κ3) is 3.02. The maximum Gasteiger partial charge on any atom is 0.312 e. The van der Waals surface area contributed by atoms with Crippen LogP contribution in [0, 0.1) is 50.2 Å². The molecule has 5 rings (SSSR count). The van der Waals surface area contributed by atoms with E-state index in [9.17, 15) is 30.3 Å². The molecule has 0 aliphatic heterocycles. The van der Waals surface area contributed by atoms with Gasteiger partial charge in [0.1, 0.15) is 5.41 Å². The molecular weight excluding hydrogens is 456 g/mol. The summed E-state index contributed by atoms with van der Waals surface area (Å²) >= 11 is 0. The van der Waals surface area contributed by atoms with E-state index in [2.05, 4.69) is 40.7 Å². The number of hydrogen-bond donors (Lipinski definition) is 5. The lowest BCUT2D eigenvalue weighted by atomic mass is 9.33. The van der Waals surface area contributed by atoms with Gasteiger partial charge in [-0.3, -0.25) is 4.79 Å². The van der Waals surface area contributed by atoms with Gasteiger partial charge in [-0.2, -0.15) is 0 Å². The number of aliphatic carboxylic acids is 1. The van der Waals surface area contributed by atoms with Gasteiger partial charge in [0, 0.05) is 5.41 Å². The monoisotopic (exact) mass is 504 g/mol. The van der Waals surface area contributed by atoms with E-state index in [0.717, 1.165) is 32.1 Å². The normalized spacial score (nSPS) is 55.9. The zero-order chi connectivity index (χ0) is 26.7. The smallest absolute Gasteiger partial charge is 0.312 e. The summed E-state index contributed by atoms with van der Waals surface area (Å²) in [6.45, 7) is 13.1. The molecule has 6 heteroatoms. The van der Waals surface area contributed by atoms with Crippen molar-refractivity contribution in [2.45, 2.75) is 111 Å². The summed E-state index contributed by atoms with van der Waals surface area (Å²) in [5.74, 6) is -0.765. The van der Waals surface area contributed by atoms with Gasteiger partial charge in [0.05, 0.1) is 24.9 Å². The second-order valence-electron chi connectivity index (χ2n) is 15.2. The summed E-state index contributed by atoms with van der Waals surface area (Å²) < 4.78 is 0. The fourth-order valence-electron chi connectivity index (χ4n) is 10.9. The van der Waals surface area contributed by atoms with Crippen LogP contribution in [0.2, 0.25) is 0 Å². The molecule has 36 heavy (non-hydrogen) atoms. The van der Waals surface area contributed by atoms with Crippen molar-refractivity contribution in [1.29, 1.82) is 0 Å². The summed E-state index contributed by atoms with van der Waals surface area (Å²) in [4.78, 5) is 12.8. The maximum atomic E-state index is 12.8. The largest absolute Gasteiger partial charge is 0.481 e. The first-order valence-electron chi connectivity index (χ1n) is 14.1. The van der Waals surface area contributed by atoms with Crippen LogP contribution in [-0.4, -0.2) is 56.4 Å². The molecule has 0 heterocycles. The Hall–Kier alpha value is -0.950. The van der Waals surface area contributed by atoms with Crippen LogP contribution in [-0.2, 0) is 4.79 Å². The Balaban J connectivity index is 1.64. The minimum Gasteiger partial charge on any atom is -0.481 e. The van der Waals surface area contributed by atoms with Crippen LogP contribution in [0.5, 0.6) is 0 Å². The SMILES string of the molecule is CC1(C)CC[C@]2(C(=O)O)[C@H](O)C[C@]3(C)C(=CC[C@@H]4[C@@]5(C)C[C@H](O)[C@H](O)[C@@](C)(CO)[C@@H]5CC[C@]43C)[C@H]2C1. The van der Waals surface area contributed by atoms with Gasteiger partial charge in [-0.05, 0) is 90.8 Å². The van der Waals surface area contributed by atoms with Crippen molar-refractivity contribution in [2.75, 3.05) is 6.61 Å². The number of fused-ring (bicyclic) bond motifs is 7. The Kier molecular flexibility index (Phi) is 5.77. The summed E-state index contributed by atoms with van der Waals surface area (Å²) in [7, 11) is 0. The fourth-order valence-corrected chi connectivity index (χ4v) is 10.9. The minimum atomic E-state index is -1.12. The number of allylic oxidation sites excluding steroid dienone is 2. The third-order valence-electron chi connectivity index (χ3n) is 13.2. The minimum absolute atomic E-state index is 0.0242. The number of hydrogen-bond acceptors (Lipinski definition) is 5. The lowest BCUT2D eigenvalue weighted by Gasteiger charge is -2.72. The van der Waals surface area contributed by atoms with E-state index in [1.165, 1.54) is 5.57 Å². The van der Waals surface area contributed by atoms with Crippen molar-refractivity contribution in [2.24, 2.45) is 50.2 Å². The molecule has 0 aromatic carbocycles. The highest BCUT2D eigenvalue weighted by atomic mass is 16.4. The quantitative estimate of drug-likeness (QED) is 0.361. The average Bonchev–Trinajstić information content (AvgIpc) is 2.77. The average molecular weight is 505 g/mol. The molecule has 0 aromatic heterocycles. The molecule has 0 saturated heterocycles. The standard InChI is InChI=1S/C30H48O6/c1-25(2)11-12-30(24(35)36)18(13-25)17-7-8-21-26(3)14-19(32)23(34)27(4,16-31)20(26)9-10-28(21,5)29(17,6)15-22(30)33/h7,18-23,31-34H,8-16H2,1-6H3,(H,35,36)/t18-,19+,20-,21-,22-,23+,26+,27+,28-,29-,30-/m1/s1. The van der Waals surface area contributed by atoms with Crippen LogP contribution < -0.4 is 0 Å². The number of aliphatic hydroxyl groups excluding tert-OH is 4. The first kappa shape index (κ1) is 26.6. The molecular formula is C30H48O6. The van der Waals surface area contributed by atoms with E-state index < -0.39 is 35.1 Å². The van der Waals surface area contributed by atoms with E-state index in [0.29, 0.717) is 19.3 Å². The third-order valence-corrected chi connectivity index (χ3v) is 13.2. The van der Waals surface area contributed by atoms with E-state index >= 15 is 0 Å². The molecule has 0 amide bonds. The zero-order valence-corrected chi connectivity index (χ0v) is 23.0. The highest BCUT2D eigenvalue weighted by Gasteiger charge is 2.72. The van der Waals surface area contributed by atoms with Crippen molar-refractivity contribution in [1.82, 2.24) is 0 Å². The van der Waals surface area contributed by atoms with Crippen LogP contribution in [0.25, 0.3) is 0 Å². The molecule has 0 unspecified atom stereocenters. The number of rotatable bonds is 2. The summed E-state index contributed by atoms with van der Waals surface area (Å²) in [6.07, 6.45) is 5.13. The van der Waals surface area contributed by atoms with Crippen LogP contribution in [0.3, 0.4) is 0 Å². The molecule has 4 saturated carbocycles. The van der Waals surface area contributed by atoms with Gasteiger partial charge in [-0.1, -0.05) is 53.2 Å². The van der Waals surface area contributed by atoms with E-state index in [-0.39, 0.29) is 46.0 Å². The van der Waals surface area contributed by atoms with Crippen molar-refractivity contribution in [3.8, 4) is 0 Å². The molecule has 0 radical (unpaired) electrons. The number of carbonyl (C=O) groups is 1. The van der Waals surface area contributed by atoms with Gasteiger partial charge in [0.25, 0.3) is 0 Å². The van der Waals surface area contributed by atoms with Crippen molar-refractivity contribution < 1.29 is 30.3 Å². The molecule has 0 spiro atoms. The van der Waals surface area contributed by atoms with Crippen LogP contribution in [0.1, 0.15) is 92.9 Å². The Labute approximate surface area is 216 Å². The topological polar surface area (TPSA) is 118 Å². The van der Waals surface area contributed by atoms with E-state index in [1.54, 1.807) is 0 Å². The Bertz CT molecular complexity index is 974. The molecule has 5 aliphatic rings. The number of aliphatic hydroxyl groups is 4. The fraction of sp³-hybridized carbons (Fsp3) is 0.900. The first-order valence-corrected chi connectivity index (χ1v) is 14.1. The van der Waals surface area contributed by atoms with Crippen LogP contribution in [0.4, 0.5) is 0 Å². The highest BCUT2D eigenvalue weighted by Crippen LogP contribution is 2.75. The molecule has 5 aliphatic carbocycles. The Morgan fingerprint density at radius 1 is 0.944 bits per heavy atom.